The van der Waals surface area contributed by atoms with Gasteiger partial charge in [-0.2, -0.15) is 0 Å². The van der Waals surface area contributed by atoms with E-state index >= 15 is 0 Å². The van der Waals surface area contributed by atoms with Crippen molar-refractivity contribution in [1.29, 1.82) is 0 Å². The molecule has 2 unspecified atom stereocenters. The van der Waals surface area contributed by atoms with Gasteiger partial charge in [0, 0.05) is 23.8 Å². The van der Waals surface area contributed by atoms with Gasteiger partial charge in [-0.25, -0.2) is 0 Å². The number of carbonyl (C=O) groups excluding carboxylic acids is 1. The highest BCUT2D eigenvalue weighted by atomic mass is 16.4. The molecule has 0 saturated heterocycles. The summed E-state index contributed by atoms with van der Waals surface area (Å²) in [5.74, 6) is -0.124. The molecule has 3 aliphatic rings. The third kappa shape index (κ3) is 2.20. The van der Waals surface area contributed by atoms with Crippen LogP contribution >= 0.6 is 0 Å². The molecule has 0 spiro atoms. The summed E-state index contributed by atoms with van der Waals surface area (Å²) in [6.07, 6.45) is 15.0. The van der Waals surface area contributed by atoms with Crippen molar-refractivity contribution in [2.75, 3.05) is 0 Å². The van der Waals surface area contributed by atoms with E-state index in [9.17, 15) is 4.79 Å². The quantitative estimate of drug-likeness (QED) is 0.676. The first-order valence-corrected chi connectivity index (χ1v) is 7.83. The minimum absolute atomic E-state index is 0.0150. The van der Waals surface area contributed by atoms with E-state index in [4.69, 9.17) is 9.90 Å². The van der Waals surface area contributed by atoms with Gasteiger partial charge >= 0.3 is 5.97 Å². The first kappa shape index (κ1) is 13.9. The van der Waals surface area contributed by atoms with Gasteiger partial charge in [-0.3, -0.25) is 4.79 Å². The zero-order valence-electron chi connectivity index (χ0n) is 12.6. The van der Waals surface area contributed by atoms with Crippen LogP contribution < -0.4 is 0 Å². The third-order valence-corrected chi connectivity index (χ3v) is 4.81. The van der Waals surface area contributed by atoms with Crippen molar-refractivity contribution in [1.82, 2.24) is 0 Å². The SMILES string of the molecule is O=C(CCC(O)=[OH+])c1ccc2c3c1C=CC1=CC=CC(C=C2)C13. The molecule has 0 heterocycles. The molecule has 0 saturated carbocycles. The zero-order valence-corrected chi connectivity index (χ0v) is 12.6. The molecule has 3 nitrogen and oxygen atoms in total. The smallest absolute Gasteiger partial charge is 0.339 e. The predicted molar refractivity (Wildman–Crippen MR) is 91.1 cm³/mol. The van der Waals surface area contributed by atoms with E-state index in [1.807, 2.05) is 18.2 Å². The van der Waals surface area contributed by atoms with Gasteiger partial charge in [0.05, 0.1) is 0 Å². The van der Waals surface area contributed by atoms with Crippen LogP contribution in [0.5, 0.6) is 0 Å². The number of aliphatic hydroxyl groups excluding tert-OH is 1. The second kappa shape index (κ2) is 5.20. The van der Waals surface area contributed by atoms with Crippen LogP contribution in [0.4, 0.5) is 0 Å². The van der Waals surface area contributed by atoms with Crippen LogP contribution in [-0.2, 0) is 0 Å². The van der Waals surface area contributed by atoms with Gasteiger partial charge in [0.25, 0.3) is 0 Å². The summed E-state index contributed by atoms with van der Waals surface area (Å²) >= 11 is 0. The van der Waals surface area contributed by atoms with Crippen molar-refractivity contribution in [2.45, 2.75) is 18.8 Å². The average molecular weight is 305 g/mol. The predicted octanol–water partition coefficient (Wildman–Crippen LogP) is 3.96. The van der Waals surface area contributed by atoms with E-state index in [2.05, 4.69) is 36.5 Å². The van der Waals surface area contributed by atoms with Gasteiger partial charge < -0.3 is 9.90 Å². The fourth-order valence-corrected chi connectivity index (χ4v) is 3.75. The Kier molecular flexibility index (Phi) is 3.15. The summed E-state index contributed by atoms with van der Waals surface area (Å²) in [7, 11) is 0. The van der Waals surface area contributed by atoms with Crippen molar-refractivity contribution >= 4 is 23.9 Å². The standard InChI is InChI=1S/C20H16O3/c21-17(10-11-18(22)23)15-8-6-14-5-4-12-2-1-3-13-7-9-16(15)20(14)19(12)13/h1-9,12,19H,10-11H2,(H,22,23)/p+1. The lowest BCUT2D eigenvalue weighted by atomic mass is 9.68. The highest BCUT2D eigenvalue weighted by Crippen LogP contribution is 2.47. The molecule has 4 rings (SSSR count). The van der Waals surface area contributed by atoms with E-state index in [0.29, 0.717) is 11.5 Å². The topological polar surface area (TPSA) is 58.7 Å². The Morgan fingerprint density at radius 2 is 2.00 bits per heavy atom. The third-order valence-electron chi connectivity index (χ3n) is 4.81. The largest absolute Gasteiger partial charge is 0.480 e. The molecule has 3 aliphatic carbocycles. The molecule has 0 amide bonds. The summed E-state index contributed by atoms with van der Waals surface area (Å²) in [4.78, 5) is 21.4. The summed E-state index contributed by atoms with van der Waals surface area (Å²) < 4.78 is 0. The molecule has 114 valence electrons. The molecule has 0 aliphatic heterocycles. The Balaban J connectivity index is 1.81. The Bertz CT molecular complexity index is 837. The summed E-state index contributed by atoms with van der Waals surface area (Å²) in [5.41, 5.74) is 5.32. The Hall–Kier alpha value is -2.68. The molecule has 2 N–H and O–H groups in total. The second-order valence-corrected chi connectivity index (χ2v) is 6.17. The number of ketones is 1. The number of hydrogen-bond donors (Lipinski definition) is 1. The average Bonchev–Trinajstić information content (AvgIpc) is 2.57. The maximum atomic E-state index is 12.5. The van der Waals surface area contributed by atoms with E-state index in [0.717, 1.165) is 5.56 Å². The number of allylic oxidation sites excluding steroid dienone is 6. The van der Waals surface area contributed by atoms with Crippen LogP contribution in [-0.4, -0.2) is 21.7 Å². The summed E-state index contributed by atoms with van der Waals surface area (Å²) in [6.45, 7) is 0. The van der Waals surface area contributed by atoms with Gasteiger partial charge in [-0.15, -0.1) is 0 Å². The molecule has 2 atom stereocenters. The number of carboxylic acid groups (broad SMARTS) is 1. The van der Waals surface area contributed by atoms with Gasteiger partial charge in [0.1, 0.15) is 6.42 Å². The lowest BCUT2D eigenvalue weighted by Gasteiger charge is -2.35. The summed E-state index contributed by atoms with van der Waals surface area (Å²) in [5, 5.41) is 8.91. The fourth-order valence-electron chi connectivity index (χ4n) is 3.75. The van der Waals surface area contributed by atoms with Crippen LogP contribution in [0, 0.1) is 5.92 Å². The number of benzene rings is 1. The highest BCUT2D eigenvalue weighted by Gasteiger charge is 2.33. The summed E-state index contributed by atoms with van der Waals surface area (Å²) in [6, 6.07) is 3.85. The van der Waals surface area contributed by atoms with Crippen LogP contribution in [0.2, 0.25) is 0 Å². The van der Waals surface area contributed by atoms with E-state index in [1.54, 1.807) is 0 Å². The van der Waals surface area contributed by atoms with E-state index < -0.39 is 5.97 Å². The molecular weight excluding hydrogens is 288 g/mol. The van der Waals surface area contributed by atoms with E-state index in [-0.39, 0.29) is 24.5 Å². The number of Topliss-reactive ketones (excluding diaryl/α,β-unsaturated/α-hetero) is 1. The van der Waals surface area contributed by atoms with Crippen LogP contribution in [0.1, 0.15) is 45.8 Å². The second-order valence-electron chi connectivity index (χ2n) is 6.17. The van der Waals surface area contributed by atoms with Gasteiger partial charge in [0.15, 0.2) is 5.78 Å². The van der Waals surface area contributed by atoms with Crippen molar-refractivity contribution in [3.05, 3.63) is 70.3 Å². The molecular formula is C20H17O3+. The number of carboxylic acids is 1. The van der Waals surface area contributed by atoms with Crippen molar-refractivity contribution < 1.29 is 14.7 Å². The van der Waals surface area contributed by atoms with Crippen LogP contribution in [0.3, 0.4) is 0 Å². The minimum atomic E-state index is -0.689. The lowest BCUT2D eigenvalue weighted by molar-refractivity contribution is 0.0982. The fraction of sp³-hybridized carbons (Fsp3) is 0.200. The number of carbonyl (C=O) groups is 1. The van der Waals surface area contributed by atoms with Crippen molar-refractivity contribution in [2.24, 2.45) is 5.92 Å². The van der Waals surface area contributed by atoms with E-state index in [1.165, 1.54) is 16.7 Å². The molecule has 1 aromatic rings. The number of hydrogen-bond acceptors (Lipinski definition) is 1. The first-order valence-electron chi connectivity index (χ1n) is 7.83. The van der Waals surface area contributed by atoms with Crippen molar-refractivity contribution in [3.8, 4) is 0 Å². The van der Waals surface area contributed by atoms with Crippen LogP contribution in [0.15, 0.2) is 48.1 Å². The number of rotatable bonds is 4. The highest BCUT2D eigenvalue weighted by molar-refractivity contribution is 6.02. The first-order chi connectivity index (χ1) is 11.1. The maximum Gasteiger partial charge on any atom is 0.480 e. The van der Waals surface area contributed by atoms with Crippen molar-refractivity contribution in [3.63, 3.8) is 0 Å². The molecule has 3 heteroatoms. The molecule has 23 heavy (non-hydrogen) atoms. The number of aliphatic carboxylic acids is 1. The molecule has 0 radical (unpaired) electrons. The Morgan fingerprint density at radius 3 is 2.83 bits per heavy atom. The van der Waals surface area contributed by atoms with Gasteiger partial charge in [0.2, 0.25) is 0 Å². The molecule has 1 aromatic carbocycles. The van der Waals surface area contributed by atoms with Crippen LogP contribution in [0.25, 0.3) is 12.2 Å². The lowest BCUT2D eigenvalue weighted by Crippen LogP contribution is -2.22. The molecule has 0 fully saturated rings. The molecule has 0 bridgehead atoms. The monoisotopic (exact) mass is 305 g/mol. The minimum Gasteiger partial charge on any atom is -0.339 e. The van der Waals surface area contributed by atoms with Gasteiger partial charge in [-0.05, 0) is 22.3 Å². The molecule has 0 aromatic heterocycles. The maximum absolute atomic E-state index is 12.5. The Labute approximate surface area is 134 Å². The van der Waals surface area contributed by atoms with Gasteiger partial charge in [-0.1, -0.05) is 54.7 Å². The Morgan fingerprint density at radius 1 is 1.13 bits per heavy atom. The zero-order chi connectivity index (χ0) is 16.0. The normalized spacial score (nSPS) is 22.5.